The minimum atomic E-state index is 0. The SMILES string of the molecule is C=CC[n+]1ccn(C2CCc3cc4c(cc32)OCC4)c1CC.[Br-]. The number of rotatable bonds is 4. The smallest absolute Gasteiger partial charge is 0.256 e. The summed E-state index contributed by atoms with van der Waals surface area (Å²) in [6.45, 7) is 7.81. The average molecular weight is 375 g/mol. The Kier molecular flexibility index (Phi) is 4.62. The molecule has 122 valence electrons. The van der Waals surface area contributed by atoms with Gasteiger partial charge < -0.3 is 21.7 Å². The Morgan fingerprint density at radius 1 is 1.35 bits per heavy atom. The van der Waals surface area contributed by atoms with Crippen molar-refractivity contribution < 1.29 is 26.3 Å². The van der Waals surface area contributed by atoms with Crippen LogP contribution in [0.3, 0.4) is 0 Å². The molecule has 2 aliphatic rings. The van der Waals surface area contributed by atoms with E-state index < -0.39 is 0 Å². The number of ether oxygens (including phenoxy) is 1. The molecule has 0 saturated heterocycles. The Hall–Kier alpha value is -1.55. The molecule has 4 rings (SSSR count). The van der Waals surface area contributed by atoms with Crippen molar-refractivity contribution in [3.05, 3.63) is 59.7 Å². The maximum Gasteiger partial charge on any atom is 0.256 e. The molecule has 23 heavy (non-hydrogen) atoms. The lowest BCUT2D eigenvalue weighted by atomic mass is 10.0. The zero-order valence-corrected chi connectivity index (χ0v) is 15.2. The molecule has 1 aliphatic heterocycles. The van der Waals surface area contributed by atoms with Crippen LogP contribution in [0.2, 0.25) is 0 Å². The number of aromatic nitrogens is 2. The van der Waals surface area contributed by atoms with Crippen LogP contribution in [0.4, 0.5) is 0 Å². The molecule has 0 bridgehead atoms. The number of hydrogen-bond donors (Lipinski definition) is 0. The molecule has 0 N–H and O–H groups in total. The van der Waals surface area contributed by atoms with E-state index in [1.165, 1.54) is 35.4 Å². The van der Waals surface area contributed by atoms with Crippen LogP contribution in [0, 0.1) is 0 Å². The fourth-order valence-electron chi connectivity index (χ4n) is 4.00. The third-order valence-corrected chi connectivity index (χ3v) is 5.01. The summed E-state index contributed by atoms with van der Waals surface area (Å²) in [6, 6.07) is 5.13. The van der Waals surface area contributed by atoms with Gasteiger partial charge in [-0.3, -0.25) is 0 Å². The minimum absolute atomic E-state index is 0. The Bertz CT molecular complexity index is 735. The quantitative estimate of drug-likeness (QED) is 0.544. The van der Waals surface area contributed by atoms with E-state index in [4.69, 9.17) is 4.74 Å². The highest BCUT2D eigenvalue weighted by Gasteiger charge is 2.32. The predicted molar refractivity (Wildman–Crippen MR) is 86.3 cm³/mol. The first-order valence-corrected chi connectivity index (χ1v) is 8.30. The van der Waals surface area contributed by atoms with Crippen LogP contribution in [-0.2, 0) is 25.8 Å². The number of halogens is 1. The summed E-state index contributed by atoms with van der Waals surface area (Å²) in [5.41, 5.74) is 4.36. The summed E-state index contributed by atoms with van der Waals surface area (Å²) >= 11 is 0. The average Bonchev–Trinajstić information content (AvgIpc) is 3.22. The Morgan fingerprint density at radius 2 is 2.22 bits per heavy atom. The molecule has 3 nitrogen and oxygen atoms in total. The van der Waals surface area contributed by atoms with Crippen LogP contribution in [0.15, 0.2) is 37.2 Å². The predicted octanol–water partition coefficient (Wildman–Crippen LogP) is -0.00150. The fraction of sp³-hybridized carbons (Fsp3) is 0.421. The van der Waals surface area contributed by atoms with Gasteiger partial charge in [-0.25, -0.2) is 9.13 Å². The van der Waals surface area contributed by atoms with E-state index in [1.54, 1.807) is 0 Å². The van der Waals surface area contributed by atoms with Gasteiger partial charge in [0.1, 0.15) is 30.7 Å². The van der Waals surface area contributed by atoms with Gasteiger partial charge in [0.15, 0.2) is 0 Å². The number of aryl methyl sites for hydroxylation is 1. The Balaban J connectivity index is 0.00000156. The number of fused-ring (bicyclic) bond motifs is 2. The maximum atomic E-state index is 5.78. The second-order valence-electron chi connectivity index (χ2n) is 6.23. The van der Waals surface area contributed by atoms with Crippen molar-refractivity contribution in [2.75, 3.05) is 6.61 Å². The van der Waals surface area contributed by atoms with Gasteiger partial charge >= 0.3 is 0 Å². The lowest BCUT2D eigenvalue weighted by molar-refractivity contribution is -0.694. The van der Waals surface area contributed by atoms with Gasteiger partial charge in [-0.05, 0) is 30.0 Å². The molecule has 2 heterocycles. The lowest BCUT2D eigenvalue weighted by Gasteiger charge is -2.12. The number of hydrogen-bond acceptors (Lipinski definition) is 1. The van der Waals surface area contributed by atoms with E-state index in [0.717, 1.165) is 31.7 Å². The topological polar surface area (TPSA) is 18.0 Å². The molecule has 0 saturated carbocycles. The van der Waals surface area contributed by atoms with Crippen LogP contribution >= 0.6 is 0 Å². The monoisotopic (exact) mass is 374 g/mol. The number of benzene rings is 1. The second kappa shape index (κ2) is 6.52. The number of imidazole rings is 1. The minimum Gasteiger partial charge on any atom is -1.00 e. The zero-order valence-electron chi connectivity index (χ0n) is 13.6. The van der Waals surface area contributed by atoms with E-state index in [9.17, 15) is 0 Å². The van der Waals surface area contributed by atoms with E-state index in [2.05, 4.69) is 47.2 Å². The van der Waals surface area contributed by atoms with Crippen molar-refractivity contribution in [3.8, 4) is 5.75 Å². The highest BCUT2D eigenvalue weighted by atomic mass is 79.9. The largest absolute Gasteiger partial charge is 1.00 e. The van der Waals surface area contributed by atoms with Crippen molar-refractivity contribution in [2.45, 2.75) is 45.2 Å². The van der Waals surface area contributed by atoms with E-state index in [-0.39, 0.29) is 17.0 Å². The van der Waals surface area contributed by atoms with Crippen LogP contribution in [-0.4, -0.2) is 11.2 Å². The standard InChI is InChI=1S/C19H23N2O.BrH/c1-3-8-20-9-10-21(19(20)4-2)17-6-5-14-12-15-7-11-22-18(15)13-16(14)17;/h3,9-10,12-13,17H,1,4-8,11H2,2H3;1H/q+1;/p-1. The van der Waals surface area contributed by atoms with Crippen molar-refractivity contribution in [1.29, 1.82) is 0 Å². The number of nitrogens with zero attached hydrogens (tertiary/aromatic N) is 2. The summed E-state index contributed by atoms with van der Waals surface area (Å²) < 4.78 is 10.5. The molecule has 0 fully saturated rings. The van der Waals surface area contributed by atoms with E-state index in [1.807, 2.05) is 6.08 Å². The molecular weight excluding hydrogens is 352 g/mol. The van der Waals surface area contributed by atoms with E-state index >= 15 is 0 Å². The van der Waals surface area contributed by atoms with Gasteiger partial charge in [0.25, 0.3) is 5.82 Å². The fourth-order valence-corrected chi connectivity index (χ4v) is 4.00. The summed E-state index contributed by atoms with van der Waals surface area (Å²) in [4.78, 5) is 0. The molecule has 1 atom stereocenters. The molecule has 0 spiro atoms. The van der Waals surface area contributed by atoms with Gasteiger partial charge in [-0.2, -0.15) is 0 Å². The summed E-state index contributed by atoms with van der Waals surface area (Å²) in [7, 11) is 0. The molecule has 1 unspecified atom stereocenters. The Morgan fingerprint density at radius 3 is 3.00 bits per heavy atom. The first-order valence-electron chi connectivity index (χ1n) is 8.30. The number of allylic oxidation sites excluding steroid dienone is 1. The molecular formula is C19H23BrN2O. The molecule has 4 heteroatoms. The Labute approximate surface area is 148 Å². The van der Waals surface area contributed by atoms with Crippen molar-refractivity contribution in [1.82, 2.24) is 4.57 Å². The van der Waals surface area contributed by atoms with Gasteiger partial charge in [0, 0.05) is 18.4 Å². The second-order valence-corrected chi connectivity index (χ2v) is 6.23. The molecule has 2 aromatic rings. The third-order valence-electron chi connectivity index (χ3n) is 5.01. The van der Waals surface area contributed by atoms with Crippen molar-refractivity contribution in [2.24, 2.45) is 0 Å². The molecule has 1 aromatic heterocycles. The summed E-state index contributed by atoms with van der Waals surface area (Å²) in [5, 5.41) is 0. The molecule has 1 aliphatic carbocycles. The van der Waals surface area contributed by atoms with Crippen LogP contribution < -0.4 is 26.3 Å². The van der Waals surface area contributed by atoms with Gasteiger partial charge in [-0.1, -0.05) is 25.6 Å². The van der Waals surface area contributed by atoms with Crippen molar-refractivity contribution >= 4 is 0 Å². The van der Waals surface area contributed by atoms with E-state index in [0.29, 0.717) is 6.04 Å². The van der Waals surface area contributed by atoms with Gasteiger partial charge in [0.2, 0.25) is 0 Å². The lowest BCUT2D eigenvalue weighted by Crippen LogP contribution is -3.00. The third kappa shape index (κ3) is 2.63. The summed E-state index contributed by atoms with van der Waals surface area (Å²) in [6.07, 6.45) is 10.8. The zero-order chi connectivity index (χ0) is 15.1. The van der Waals surface area contributed by atoms with Crippen LogP contribution in [0.25, 0.3) is 0 Å². The molecule has 0 radical (unpaired) electrons. The molecule has 1 aromatic carbocycles. The van der Waals surface area contributed by atoms with Crippen LogP contribution in [0.5, 0.6) is 5.75 Å². The first-order chi connectivity index (χ1) is 10.8. The van der Waals surface area contributed by atoms with Gasteiger partial charge in [-0.15, -0.1) is 0 Å². The first kappa shape index (κ1) is 16.3. The molecule has 0 amide bonds. The highest BCUT2D eigenvalue weighted by Crippen LogP contribution is 2.40. The normalized spacial score (nSPS) is 18.0. The van der Waals surface area contributed by atoms with Crippen LogP contribution in [0.1, 0.15) is 41.9 Å². The van der Waals surface area contributed by atoms with Crippen molar-refractivity contribution in [3.63, 3.8) is 0 Å². The summed E-state index contributed by atoms with van der Waals surface area (Å²) in [5.74, 6) is 2.48. The highest BCUT2D eigenvalue weighted by molar-refractivity contribution is 5.48. The van der Waals surface area contributed by atoms with Gasteiger partial charge in [0.05, 0.1) is 6.61 Å². The maximum absolute atomic E-state index is 5.78.